The lowest BCUT2D eigenvalue weighted by molar-refractivity contribution is -0.0328. The van der Waals surface area contributed by atoms with Crippen molar-refractivity contribution in [1.29, 1.82) is 0 Å². The van der Waals surface area contributed by atoms with E-state index in [9.17, 15) is 18.0 Å². The smallest absolute Gasteiger partial charge is 0.446 e. The molecule has 132 valence electrons. The molecule has 0 saturated heterocycles. The van der Waals surface area contributed by atoms with Gasteiger partial charge in [-0.15, -0.1) is 0 Å². The number of benzene rings is 2. The Morgan fingerprint density at radius 3 is 2.52 bits per heavy atom. The first kappa shape index (κ1) is 17.7. The highest BCUT2D eigenvalue weighted by molar-refractivity contribution is 8.00. The largest absolute Gasteiger partial charge is 0.497 e. The second-order valence-corrected chi connectivity index (χ2v) is 6.77. The second-order valence-electron chi connectivity index (χ2n) is 5.63. The second kappa shape index (κ2) is 7.00. The molecular formula is C18H16F3NO2S. The van der Waals surface area contributed by atoms with Gasteiger partial charge in [0.1, 0.15) is 5.75 Å². The van der Waals surface area contributed by atoms with Crippen molar-refractivity contribution in [2.75, 3.05) is 18.6 Å². The van der Waals surface area contributed by atoms with Gasteiger partial charge in [-0.1, -0.05) is 0 Å². The molecule has 3 nitrogen and oxygen atoms in total. The van der Waals surface area contributed by atoms with E-state index in [0.29, 0.717) is 12.1 Å². The van der Waals surface area contributed by atoms with Gasteiger partial charge in [-0.25, -0.2) is 0 Å². The van der Waals surface area contributed by atoms with Crippen LogP contribution < -0.4 is 9.64 Å². The van der Waals surface area contributed by atoms with Crippen LogP contribution in [0.1, 0.15) is 22.3 Å². The molecule has 0 bridgehead atoms. The van der Waals surface area contributed by atoms with Crippen molar-refractivity contribution in [3.8, 4) is 5.75 Å². The number of carbonyl (C=O) groups excluding carboxylic acids is 1. The summed E-state index contributed by atoms with van der Waals surface area (Å²) in [4.78, 5) is 14.5. The van der Waals surface area contributed by atoms with Crippen LogP contribution in [0.3, 0.4) is 0 Å². The quantitative estimate of drug-likeness (QED) is 0.723. The van der Waals surface area contributed by atoms with E-state index in [1.807, 2.05) is 12.1 Å². The van der Waals surface area contributed by atoms with Crippen molar-refractivity contribution in [3.05, 3.63) is 53.6 Å². The summed E-state index contributed by atoms with van der Waals surface area (Å²) in [5, 5.41) is 0. The van der Waals surface area contributed by atoms with Crippen molar-refractivity contribution >= 4 is 23.4 Å². The highest BCUT2D eigenvalue weighted by Gasteiger charge is 2.29. The third kappa shape index (κ3) is 4.10. The number of carbonyl (C=O) groups is 1. The molecule has 1 amide bonds. The predicted octanol–water partition coefficient (Wildman–Crippen LogP) is 4.90. The molecule has 25 heavy (non-hydrogen) atoms. The lowest BCUT2D eigenvalue weighted by atomic mass is 10.0. The van der Waals surface area contributed by atoms with Crippen molar-refractivity contribution in [2.45, 2.75) is 23.2 Å². The van der Waals surface area contributed by atoms with Gasteiger partial charge in [0.05, 0.1) is 7.11 Å². The molecule has 0 unspecified atom stereocenters. The topological polar surface area (TPSA) is 29.5 Å². The van der Waals surface area contributed by atoms with E-state index < -0.39 is 5.51 Å². The summed E-state index contributed by atoms with van der Waals surface area (Å²) >= 11 is -0.189. The van der Waals surface area contributed by atoms with E-state index in [4.69, 9.17) is 4.74 Å². The first-order chi connectivity index (χ1) is 11.9. The third-order valence-electron chi connectivity index (χ3n) is 3.99. The molecule has 0 atom stereocenters. The van der Waals surface area contributed by atoms with Gasteiger partial charge in [0.2, 0.25) is 0 Å². The summed E-state index contributed by atoms with van der Waals surface area (Å²) in [6.07, 6.45) is 1.69. The lowest BCUT2D eigenvalue weighted by Crippen LogP contribution is -2.35. The van der Waals surface area contributed by atoms with E-state index >= 15 is 0 Å². The first-order valence-corrected chi connectivity index (χ1v) is 8.53. The summed E-state index contributed by atoms with van der Waals surface area (Å²) in [7, 11) is 1.59. The number of rotatable bonds is 3. The number of fused-ring (bicyclic) bond motifs is 1. The Balaban J connectivity index is 1.82. The summed E-state index contributed by atoms with van der Waals surface area (Å²) in [6, 6.07) is 11.1. The van der Waals surface area contributed by atoms with Crippen LogP contribution in [0.2, 0.25) is 0 Å². The minimum atomic E-state index is -4.34. The molecule has 0 radical (unpaired) electrons. The molecular weight excluding hydrogens is 351 g/mol. The zero-order valence-electron chi connectivity index (χ0n) is 13.5. The van der Waals surface area contributed by atoms with Crippen LogP contribution in [0, 0.1) is 0 Å². The van der Waals surface area contributed by atoms with Crippen molar-refractivity contribution in [3.63, 3.8) is 0 Å². The Morgan fingerprint density at radius 1 is 1.16 bits per heavy atom. The number of hydrogen-bond donors (Lipinski definition) is 0. The van der Waals surface area contributed by atoms with E-state index in [2.05, 4.69) is 0 Å². The molecule has 1 aliphatic heterocycles. The Hall–Kier alpha value is -2.15. The number of nitrogens with zero attached hydrogens (tertiary/aromatic N) is 1. The Bertz CT molecular complexity index is 775. The molecule has 1 aliphatic rings. The number of hydrogen-bond acceptors (Lipinski definition) is 3. The fourth-order valence-corrected chi connectivity index (χ4v) is 3.41. The van der Waals surface area contributed by atoms with Crippen LogP contribution in [0.15, 0.2) is 47.4 Å². The van der Waals surface area contributed by atoms with Crippen LogP contribution in [-0.2, 0) is 6.42 Å². The lowest BCUT2D eigenvalue weighted by Gasteiger charge is -2.30. The monoisotopic (exact) mass is 367 g/mol. The van der Waals surface area contributed by atoms with Gasteiger partial charge in [0.25, 0.3) is 5.91 Å². The zero-order valence-corrected chi connectivity index (χ0v) is 14.3. The SMILES string of the molecule is COc1ccc2c(c1)CCCN2C(=O)c1ccc(SC(F)(F)F)cc1. The molecule has 0 aliphatic carbocycles. The minimum Gasteiger partial charge on any atom is -0.497 e. The Morgan fingerprint density at radius 2 is 1.88 bits per heavy atom. The number of ether oxygens (including phenoxy) is 1. The fraction of sp³-hybridized carbons (Fsp3) is 0.278. The maximum absolute atomic E-state index is 12.8. The van der Waals surface area contributed by atoms with Crippen molar-refractivity contribution < 1.29 is 22.7 Å². The fourth-order valence-electron chi connectivity index (χ4n) is 2.87. The number of anilines is 1. The molecule has 2 aromatic carbocycles. The van der Waals surface area contributed by atoms with Crippen LogP contribution in [0.25, 0.3) is 0 Å². The summed E-state index contributed by atoms with van der Waals surface area (Å²) in [6.45, 7) is 0.581. The van der Waals surface area contributed by atoms with E-state index in [1.165, 1.54) is 24.3 Å². The molecule has 3 rings (SSSR count). The standard InChI is InChI=1S/C18H16F3NO2S/c1-24-14-6-9-16-13(11-14)3-2-10-22(16)17(23)12-4-7-15(8-5-12)25-18(19,20)21/h4-9,11H,2-3,10H2,1H3. The van der Waals surface area contributed by atoms with Crippen molar-refractivity contribution in [2.24, 2.45) is 0 Å². The Kier molecular flexibility index (Phi) is 4.94. The molecule has 0 aromatic heterocycles. The summed E-state index contributed by atoms with van der Waals surface area (Å²) in [5.41, 5.74) is -2.11. The van der Waals surface area contributed by atoms with Crippen LogP contribution in [0.4, 0.5) is 18.9 Å². The van der Waals surface area contributed by atoms with E-state index in [-0.39, 0.29) is 22.6 Å². The summed E-state index contributed by atoms with van der Waals surface area (Å²) < 4.78 is 42.4. The van der Waals surface area contributed by atoms with Gasteiger partial charge in [0.15, 0.2) is 0 Å². The number of amides is 1. The average molecular weight is 367 g/mol. The molecule has 0 saturated carbocycles. The predicted molar refractivity (Wildman–Crippen MR) is 91.3 cm³/mol. The van der Waals surface area contributed by atoms with Gasteiger partial charge < -0.3 is 9.64 Å². The van der Waals surface area contributed by atoms with Crippen LogP contribution >= 0.6 is 11.8 Å². The molecule has 1 heterocycles. The maximum atomic E-state index is 12.8. The highest BCUT2D eigenvalue weighted by atomic mass is 32.2. The number of thioether (sulfide) groups is 1. The highest BCUT2D eigenvalue weighted by Crippen LogP contribution is 2.37. The minimum absolute atomic E-state index is 0.0628. The normalized spacial score (nSPS) is 14.2. The van der Waals surface area contributed by atoms with Gasteiger partial charge in [0, 0.05) is 22.7 Å². The zero-order chi connectivity index (χ0) is 18.0. The summed E-state index contributed by atoms with van der Waals surface area (Å²) in [5.74, 6) is 0.524. The number of alkyl halides is 3. The average Bonchev–Trinajstić information content (AvgIpc) is 2.59. The van der Waals surface area contributed by atoms with Gasteiger partial charge in [-0.2, -0.15) is 13.2 Å². The molecule has 2 aromatic rings. The van der Waals surface area contributed by atoms with E-state index in [0.717, 1.165) is 29.8 Å². The van der Waals surface area contributed by atoms with Crippen LogP contribution in [-0.4, -0.2) is 25.1 Å². The van der Waals surface area contributed by atoms with Crippen LogP contribution in [0.5, 0.6) is 5.75 Å². The third-order valence-corrected chi connectivity index (χ3v) is 4.72. The maximum Gasteiger partial charge on any atom is 0.446 e. The number of aryl methyl sites for hydroxylation is 1. The molecule has 0 N–H and O–H groups in total. The van der Waals surface area contributed by atoms with E-state index in [1.54, 1.807) is 18.1 Å². The van der Waals surface area contributed by atoms with Gasteiger partial charge in [-0.3, -0.25) is 4.79 Å². The number of halogens is 3. The van der Waals surface area contributed by atoms with Gasteiger partial charge in [-0.05, 0) is 72.6 Å². The molecule has 0 spiro atoms. The first-order valence-electron chi connectivity index (χ1n) is 7.72. The molecule has 7 heteroatoms. The number of methoxy groups -OCH3 is 1. The Labute approximate surface area is 147 Å². The molecule has 0 fully saturated rings. The van der Waals surface area contributed by atoms with Crippen molar-refractivity contribution in [1.82, 2.24) is 0 Å². The van der Waals surface area contributed by atoms with Gasteiger partial charge >= 0.3 is 5.51 Å².